The van der Waals surface area contributed by atoms with E-state index in [0.29, 0.717) is 0 Å². The fraction of sp³-hybridized carbons (Fsp3) is 0.850. The van der Waals surface area contributed by atoms with Crippen molar-refractivity contribution in [1.82, 2.24) is 0 Å². The van der Waals surface area contributed by atoms with Crippen molar-refractivity contribution in [2.75, 3.05) is 0 Å². The Morgan fingerprint density at radius 3 is 2.05 bits per heavy atom. The smallest absolute Gasteiger partial charge is 0.313 e. The van der Waals surface area contributed by atoms with Gasteiger partial charge in [-0.15, -0.1) is 12.3 Å². The molecule has 0 aromatic rings. The maximum Gasteiger partial charge on any atom is 0.313 e. The van der Waals surface area contributed by atoms with Gasteiger partial charge in [-0.1, -0.05) is 71.1 Å². The van der Waals surface area contributed by atoms with Crippen LogP contribution >= 0.6 is 0 Å². The second kappa shape index (κ2) is 12.6. The normalized spacial score (nSPS) is 20.3. The summed E-state index contributed by atoms with van der Waals surface area (Å²) in [6.45, 7) is 2.26. The van der Waals surface area contributed by atoms with Crippen molar-refractivity contribution < 1.29 is 9.53 Å². The summed E-state index contributed by atoms with van der Waals surface area (Å²) in [6.07, 6.45) is 22.5. The Kier molecular flexibility index (Phi) is 10.9. The van der Waals surface area contributed by atoms with Crippen molar-refractivity contribution in [2.45, 2.75) is 103 Å². The molecule has 1 aliphatic heterocycles. The molecule has 0 saturated carbocycles. The minimum atomic E-state index is 0.0154. The van der Waals surface area contributed by atoms with Crippen molar-refractivity contribution in [3.63, 3.8) is 0 Å². The van der Waals surface area contributed by atoms with Crippen molar-refractivity contribution in [1.29, 1.82) is 0 Å². The van der Waals surface area contributed by atoms with Crippen LogP contribution in [0.5, 0.6) is 0 Å². The summed E-state index contributed by atoms with van der Waals surface area (Å²) in [4.78, 5) is 11.5. The Morgan fingerprint density at radius 2 is 1.50 bits per heavy atom. The molecule has 1 aliphatic rings. The Labute approximate surface area is 137 Å². The van der Waals surface area contributed by atoms with Crippen LogP contribution in [0.15, 0.2) is 0 Å². The Morgan fingerprint density at radius 1 is 0.909 bits per heavy atom. The number of carbonyl (C=O) groups excluding carboxylic acids is 1. The van der Waals surface area contributed by atoms with Gasteiger partial charge in [-0.25, -0.2) is 0 Å². The molecule has 0 radical (unpaired) electrons. The highest BCUT2D eigenvalue weighted by Gasteiger charge is 2.40. The minimum absolute atomic E-state index is 0.0154. The predicted molar refractivity (Wildman–Crippen MR) is 92.5 cm³/mol. The third-order valence-corrected chi connectivity index (χ3v) is 4.70. The van der Waals surface area contributed by atoms with Crippen molar-refractivity contribution in [3.05, 3.63) is 0 Å². The largest absolute Gasteiger partial charge is 0.461 e. The van der Waals surface area contributed by atoms with Crippen molar-refractivity contribution in [2.24, 2.45) is 5.92 Å². The van der Waals surface area contributed by atoms with E-state index in [4.69, 9.17) is 11.2 Å². The number of esters is 1. The van der Waals surface area contributed by atoms with E-state index in [0.717, 1.165) is 25.7 Å². The first-order valence-corrected chi connectivity index (χ1v) is 9.43. The van der Waals surface area contributed by atoms with Gasteiger partial charge in [-0.2, -0.15) is 0 Å². The van der Waals surface area contributed by atoms with Crippen LogP contribution < -0.4 is 0 Å². The standard InChI is InChI=1S/C20H34O2/c1-3-5-7-8-9-10-11-12-13-15-16-18-19(22-20(18)21)17-14-6-4-2/h2,18-19H,3,5-17H2,1H3/t18-,19-/m0/s1. The molecule has 2 atom stereocenters. The highest BCUT2D eigenvalue weighted by atomic mass is 16.6. The summed E-state index contributed by atoms with van der Waals surface area (Å²) < 4.78 is 5.23. The number of hydrogen-bond donors (Lipinski definition) is 0. The van der Waals surface area contributed by atoms with Crippen LogP contribution in [-0.2, 0) is 9.53 Å². The summed E-state index contributed by atoms with van der Waals surface area (Å²) in [5.74, 6) is 2.82. The fourth-order valence-electron chi connectivity index (χ4n) is 3.22. The molecular formula is C20H34O2. The molecule has 0 unspecified atom stereocenters. The first-order chi connectivity index (χ1) is 10.8. The molecule has 2 heteroatoms. The van der Waals surface area contributed by atoms with Gasteiger partial charge in [0.15, 0.2) is 0 Å². The molecule has 1 fully saturated rings. The topological polar surface area (TPSA) is 26.3 Å². The van der Waals surface area contributed by atoms with Gasteiger partial charge in [0.25, 0.3) is 0 Å². The minimum Gasteiger partial charge on any atom is -0.461 e. The summed E-state index contributed by atoms with van der Waals surface area (Å²) in [7, 11) is 0. The zero-order valence-electron chi connectivity index (χ0n) is 14.4. The van der Waals surface area contributed by atoms with Crippen LogP contribution in [0.25, 0.3) is 0 Å². The Bertz CT molecular complexity index is 329. The predicted octanol–water partition coefficient (Wildman–Crippen LogP) is 5.64. The third kappa shape index (κ3) is 7.87. The van der Waals surface area contributed by atoms with Gasteiger partial charge in [-0.05, 0) is 19.3 Å². The molecule has 1 saturated heterocycles. The molecule has 0 spiro atoms. The van der Waals surface area contributed by atoms with Crippen molar-refractivity contribution in [3.8, 4) is 12.3 Å². The molecule has 0 bridgehead atoms. The molecular weight excluding hydrogens is 272 g/mol. The van der Waals surface area contributed by atoms with Gasteiger partial charge in [-0.3, -0.25) is 4.79 Å². The van der Waals surface area contributed by atoms with E-state index in [1.54, 1.807) is 0 Å². The van der Waals surface area contributed by atoms with E-state index >= 15 is 0 Å². The Balaban J connectivity index is 1.91. The molecule has 0 amide bonds. The summed E-state index contributed by atoms with van der Waals surface area (Å²) in [5, 5.41) is 0. The van der Waals surface area contributed by atoms with Crippen LogP contribution in [0.3, 0.4) is 0 Å². The highest BCUT2D eigenvalue weighted by molar-refractivity contribution is 5.78. The first kappa shape index (κ1) is 19.1. The van der Waals surface area contributed by atoms with E-state index in [9.17, 15) is 4.79 Å². The maximum absolute atomic E-state index is 11.5. The van der Waals surface area contributed by atoms with Gasteiger partial charge in [0.05, 0.1) is 5.92 Å². The highest BCUT2D eigenvalue weighted by Crippen LogP contribution is 2.31. The van der Waals surface area contributed by atoms with E-state index in [1.165, 1.54) is 64.2 Å². The van der Waals surface area contributed by atoms with Crippen LogP contribution in [0.1, 0.15) is 96.8 Å². The van der Waals surface area contributed by atoms with E-state index in [2.05, 4.69) is 12.8 Å². The number of rotatable bonds is 14. The average Bonchev–Trinajstić information content (AvgIpc) is 2.52. The maximum atomic E-state index is 11.5. The monoisotopic (exact) mass is 306 g/mol. The number of terminal acetylenes is 1. The summed E-state index contributed by atoms with van der Waals surface area (Å²) >= 11 is 0. The molecule has 0 N–H and O–H groups in total. The van der Waals surface area contributed by atoms with Crippen LogP contribution in [0.4, 0.5) is 0 Å². The van der Waals surface area contributed by atoms with E-state index in [1.807, 2.05) is 0 Å². The lowest BCUT2D eigenvalue weighted by Gasteiger charge is -2.35. The lowest BCUT2D eigenvalue weighted by Crippen LogP contribution is -2.44. The van der Waals surface area contributed by atoms with Crippen LogP contribution in [0, 0.1) is 18.3 Å². The molecule has 0 aromatic heterocycles. The summed E-state index contributed by atoms with van der Waals surface area (Å²) in [6, 6.07) is 0. The number of unbranched alkanes of at least 4 members (excludes halogenated alkanes) is 10. The molecule has 1 rings (SSSR count). The number of carbonyl (C=O) groups is 1. The van der Waals surface area contributed by atoms with Gasteiger partial charge in [0.2, 0.25) is 0 Å². The SMILES string of the molecule is C#CCCC[C@@H]1OC(=O)[C@H]1CCCCCCCCCCCC. The number of ether oxygens (including phenoxy) is 1. The number of cyclic esters (lactones) is 1. The van der Waals surface area contributed by atoms with Gasteiger partial charge < -0.3 is 4.74 Å². The zero-order chi connectivity index (χ0) is 16.0. The van der Waals surface area contributed by atoms with Crippen LogP contribution in [0.2, 0.25) is 0 Å². The number of hydrogen-bond acceptors (Lipinski definition) is 2. The van der Waals surface area contributed by atoms with Gasteiger partial charge in [0, 0.05) is 6.42 Å². The van der Waals surface area contributed by atoms with Crippen molar-refractivity contribution >= 4 is 5.97 Å². The molecule has 0 aliphatic carbocycles. The second-order valence-corrected chi connectivity index (χ2v) is 6.65. The zero-order valence-corrected chi connectivity index (χ0v) is 14.4. The molecule has 0 aromatic carbocycles. The first-order valence-electron chi connectivity index (χ1n) is 9.43. The quantitative estimate of drug-likeness (QED) is 0.236. The molecule has 2 nitrogen and oxygen atoms in total. The van der Waals surface area contributed by atoms with Gasteiger partial charge in [0.1, 0.15) is 6.10 Å². The second-order valence-electron chi connectivity index (χ2n) is 6.65. The fourth-order valence-corrected chi connectivity index (χ4v) is 3.22. The molecule has 22 heavy (non-hydrogen) atoms. The van der Waals surface area contributed by atoms with E-state index in [-0.39, 0.29) is 18.0 Å². The Hall–Kier alpha value is -0.970. The van der Waals surface area contributed by atoms with Gasteiger partial charge >= 0.3 is 5.97 Å². The van der Waals surface area contributed by atoms with Crippen LogP contribution in [-0.4, -0.2) is 12.1 Å². The average molecular weight is 306 g/mol. The lowest BCUT2D eigenvalue weighted by atomic mass is 9.87. The molecule has 1 heterocycles. The van der Waals surface area contributed by atoms with E-state index < -0.39 is 0 Å². The third-order valence-electron chi connectivity index (χ3n) is 4.70. The lowest BCUT2D eigenvalue weighted by molar-refractivity contribution is -0.186. The summed E-state index contributed by atoms with van der Waals surface area (Å²) in [5.41, 5.74) is 0. The molecule has 126 valence electrons.